The van der Waals surface area contributed by atoms with Gasteiger partial charge in [0, 0.05) is 10.7 Å². The van der Waals surface area contributed by atoms with Crippen molar-refractivity contribution in [1.29, 1.82) is 0 Å². The quantitative estimate of drug-likeness (QED) is 0.425. The number of hydrogen-bond acceptors (Lipinski definition) is 6. The van der Waals surface area contributed by atoms with Gasteiger partial charge in [0.15, 0.2) is 6.29 Å². The van der Waals surface area contributed by atoms with Crippen LogP contribution in [0.3, 0.4) is 0 Å². The number of aliphatic hydroxyl groups is 4. The Kier molecular flexibility index (Phi) is 2.28. The van der Waals surface area contributed by atoms with Crippen molar-refractivity contribution in [2.45, 2.75) is 37.6 Å². The molecule has 84 valence electrons. The van der Waals surface area contributed by atoms with Gasteiger partial charge in [0.25, 0.3) is 0 Å². The lowest BCUT2D eigenvalue weighted by Crippen LogP contribution is -2.59. The van der Waals surface area contributed by atoms with Gasteiger partial charge < -0.3 is 29.9 Å². The number of aliphatic hydroxyl groups excluding tert-OH is 4. The second kappa shape index (κ2) is 5.01. The van der Waals surface area contributed by atoms with Crippen LogP contribution in [0.4, 0.5) is 0 Å². The zero-order chi connectivity index (χ0) is 15.0. The number of hydrogen-bond donors (Lipinski definition) is 4. The van der Waals surface area contributed by atoms with Gasteiger partial charge in [0.2, 0.25) is 0 Å². The minimum absolute atomic E-state index is 0.721. The molecule has 5 atom stereocenters. The molecule has 1 unspecified atom stereocenters. The van der Waals surface area contributed by atoms with Crippen molar-refractivity contribution in [3.05, 3.63) is 0 Å². The molecule has 0 bridgehead atoms. The van der Waals surface area contributed by atoms with Crippen LogP contribution in [-0.4, -0.2) is 64.3 Å². The van der Waals surface area contributed by atoms with Gasteiger partial charge in [-0.2, -0.15) is 0 Å². The molecule has 14 heavy (non-hydrogen) atoms. The van der Waals surface area contributed by atoms with Crippen LogP contribution in [0.1, 0.15) is 13.7 Å². The third-order valence-corrected chi connectivity index (χ3v) is 2.02. The molecule has 0 amide bonds. The maximum absolute atomic E-state index is 9.56. The molecule has 1 saturated heterocycles. The average Bonchev–Trinajstić information content (AvgIpc) is 2.28. The highest BCUT2D eigenvalue weighted by Gasteiger charge is 2.43. The summed E-state index contributed by atoms with van der Waals surface area (Å²) in [6.07, 6.45) is -8.36. The Labute approximate surface area is 88.7 Å². The Morgan fingerprint density at radius 3 is 2.64 bits per heavy atom. The van der Waals surface area contributed by atoms with E-state index in [4.69, 9.17) is 16.7 Å². The highest BCUT2D eigenvalue weighted by atomic mass is 16.7. The van der Waals surface area contributed by atoms with Crippen LogP contribution in [0.5, 0.6) is 0 Å². The first-order valence-electron chi connectivity index (χ1n) is 6.49. The van der Waals surface area contributed by atoms with Crippen LogP contribution in [0, 0.1) is 0 Å². The molecular formula is C8H16O6. The van der Waals surface area contributed by atoms with Gasteiger partial charge in [-0.25, -0.2) is 0 Å². The van der Waals surface area contributed by atoms with Crippen molar-refractivity contribution < 1.29 is 36.8 Å². The third kappa shape index (κ3) is 2.22. The fourth-order valence-corrected chi connectivity index (χ4v) is 1.22. The first-order chi connectivity index (χ1) is 8.51. The first-order valence-corrected chi connectivity index (χ1v) is 3.99. The van der Waals surface area contributed by atoms with Crippen LogP contribution >= 0.6 is 0 Å². The van der Waals surface area contributed by atoms with E-state index in [1.807, 2.05) is 0 Å². The molecule has 0 spiro atoms. The van der Waals surface area contributed by atoms with Gasteiger partial charge in [0.05, 0.1) is 9.35 Å². The molecule has 1 aliphatic heterocycles. The zero-order valence-electron chi connectivity index (χ0n) is 12.2. The molecule has 1 fully saturated rings. The molecule has 0 aromatic heterocycles. The van der Waals surface area contributed by atoms with E-state index in [2.05, 4.69) is 4.74 Å². The van der Waals surface area contributed by atoms with Crippen LogP contribution < -0.4 is 0 Å². The van der Waals surface area contributed by atoms with E-state index >= 15 is 0 Å². The molecule has 0 aromatic rings. The van der Waals surface area contributed by atoms with Gasteiger partial charge in [-0.15, -0.1) is 0 Å². The van der Waals surface area contributed by atoms with E-state index in [1.165, 1.54) is 0 Å². The Bertz CT molecular complexity index is 308. The molecule has 1 heterocycles. The molecule has 0 aliphatic carbocycles. The predicted molar refractivity (Wildman–Crippen MR) is 45.4 cm³/mol. The summed E-state index contributed by atoms with van der Waals surface area (Å²) in [4.78, 5) is 0. The van der Waals surface area contributed by atoms with Gasteiger partial charge >= 0.3 is 0 Å². The third-order valence-electron chi connectivity index (χ3n) is 2.02. The molecule has 6 nitrogen and oxygen atoms in total. The summed E-state index contributed by atoms with van der Waals surface area (Å²) in [7, 11) is 0. The molecule has 1 aliphatic rings. The summed E-state index contributed by atoms with van der Waals surface area (Å²) >= 11 is 0. The normalized spacial score (nSPS) is 51.1. The van der Waals surface area contributed by atoms with Crippen molar-refractivity contribution in [3.8, 4) is 0 Å². The second-order valence-corrected chi connectivity index (χ2v) is 2.92. The van der Waals surface area contributed by atoms with Crippen molar-refractivity contribution >= 4 is 0 Å². The SMILES string of the molecule is [2H]C([2H])([2H])C([2H])([2H])OC1O[C@H](CO)[C@@H](O)[C@H](O)[C@@H]1O. The van der Waals surface area contributed by atoms with Gasteiger partial charge in [-0.3, -0.25) is 0 Å². The van der Waals surface area contributed by atoms with E-state index < -0.39 is 50.7 Å². The topological polar surface area (TPSA) is 99.4 Å². The van der Waals surface area contributed by atoms with Gasteiger partial charge in [0.1, 0.15) is 24.4 Å². The van der Waals surface area contributed by atoms with Crippen LogP contribution in [0.15, 0.2) is 0 Å². The lowest BCUT2D eigenvalue weighted by atomic mass is 9.99. The lowest BCUT2D eigenvalue weighted by Gasteiger charge is -2.39. The van der Waals surface area contributed by atoms with E-state index in [-0.39, 0.29) is 0 Å². The molecule has 0 aromatic carbocycles. The zero-order valence-corrected chi connectivity index (χ0v) is 7.20. The van der Waals surface area contributed by atoms with Crippen molar-refractivity contribution in [3.63, 3.8) is 0 Å². The Balaban J connectivity index is 2.83. The monoisotopic (exact) mass is 213 g/mol. The van der Waals surface area contributed by atoms with E-state index in [0.29, 0.717) is 0 Å². The summed E-state index contributed by atoms with van der Waals surface area (Å²) in [6, 6.07) is 0. The van der Waals surface area contributed by atoms with Gasteiger partial charge in [-0.05, 0) is 6.85 Å². The largest absolute Gasteiger partial charge is 0.394 e. The first kappa shape index (κ1) is 6.37. The minimum atomic E-state index is -3.13. The molecular weight excluding hydrogens is 192 g/mol. The molecule has 0 saturated carbocycles. The summed E-state index contributed by atoms with van der Waals surface area (Å²) in [5.41, 5.74) is 0. The maximum Gasteiger partial charge on any atom is 0.186 e. The standard InChI is InChI=1S/C8H16O6/c1-2-13-8-7(12)6(11)5(10)4(3-9)14-8/h4-12H,2-3H2,1H3/t4-,5-,6+,7+,8?/m1/s1/i1D3,2D2. The van der Waals surface area contributed by atoms with E-state index in [0.717, 1.165) is 0 Å². The summed E-state index contributed by atoms with van der Waals surface area (Å²) in [5, 5.41) is 37.4. The summed E-state index contributed by atoms with van der Waals surface area (Å²) in [5.74, 6) is 0. The molecule has 0 radical (unpaired) electrons. The molecule has 6 heteroatoms. The number of rotatable bonds is 3. The van der Waals surface area contributed by atoms with E-state index in [9.17, 15) is 15.3 Å². The smallest absolute Gasteiger partial charge is 0.186 e. The van der Waals surface area contributed by atoms with Crippen molar-refractivity contribution in [1.82, 2.24) is 0 Å². The Morgan fingerprint density at radius 1 is 1.36 bits per heavy atom. The van der Waals surface area contributed by atoms with Crippen molar-refractivity contribution in [2.24, 2.45) is 0 Å². The average molecular weight is 213 g/mol. The lowest BCUT2D eigenvalue weighted by molar-refractivity contribution is -0.300. The van der Waals surface area contributed by atoms with Crippen LogP contribution in [0.2, 0.25) is 0 Å². The maximum atomic E-state index is 9.56. The summed E-state index contributed by atoms with van der Waals surface area (Å²) < 4.78 is 44.6. The van der Waals surface area contributed by atoms with Gasteiger partial charge in [-0.1, -0.05) is 0 Å². The fourth-order valence-electron chi connectivity index (χ4n) is 1.22. The highest BCUT2D eigenvalue weighted by Crippen LogP contribution is 2.21. The fraction of sp³-hybridized carbons (Fsp3) is 1.00. The second-order valence-electron chi connectivity index (χ2n) is 2.92. The minimum Gasteiger partial charge on any atom is -0.394 e. The molecule has 4 N–H and O–H groups in total. The Hall–Kier alpha value is -0.240. The van der Waals surface area contributed by atoms with E-state index in [1.54, 1.807) is 0 Å². The summed E-state index contributed by atoms with van der Waals surface area (Å²) in [6.45, 7) is -6.98. The van der Waals surface area contributed by atoms with Crippen LogP contribution in [-0.2, 0) is 9.47 Å². The predicted octanol–water partition coefficient (Wildman–Crippen LogP) is -2.18. The van der Waals surface area contributed by atoms with Crippen LogP contribution in [0.25, 0.3) is 0 Å². The Morgan fingerprint density at radius 2 is 2.07 bits per heavy atom. The number of ether oxygens (including phenoxy) is 2. The highest BCUT2D eigenvalue weighted by molar-refractivity contribution is 4.88. The van der Waals surface area contributed by atoms with Crippen molar-refractivity contribution in [2.75, 3.05) is 13.2 Å². The molecule has 1 rings (SSSR count).